The van der Waals surface area contributed by atoms with Gasteiger partial charge in [0.25, 0.3) is 0 Å². The first kappa shape index (κ1) is 24.1. The number of amides is 1. The van der Waals surface area contributed by atoms with E-state index < -0.39 is 5.60 Å². The number of hydrogen-bond donors (Lipinski definition) is 1. The zero-order valence-corrected chi connectivity index (χ0v) is 20.9. The second kappa shape index (κ2) is 9.70. The maximum atomic E-state index is 12.6. The largest absolute Gasteiger partial charge is 0.497 e. The Kier molecular flexibility index (Phi) is 6.69. The number of carbonyl (C=O) groups is 1. The summed E-state index contributed by atoms with van der Waals surface area (Å²) in [7, 11) is 4.99. The van der Waals surface area contributed by atoms with Gasteiger partial charge in [0, 0.05) is 31.8 Å². The van der Waals surface area contributed by atoms with Crippen LogP contribution in [0.5, 0.6) is 11.5 Å². The molecular formula is C25H30N6O4. The SMILES string of the molecule is CNc1ncnc2c1c(C#Cc1cc(OC)cc(OC)c1)nn2C1CCN(C(=O)OC(C)(C)C)C1. The van der Waals surface area contributed by atoms with Crippen molar-refractivity contribution in [3.8, 4) is 23.3 Å². The lowest BCUT2D eigenvalue weighted by Gasteiger charge is -2.24. The predicted molar refractivity (Wildman–Crippen MR) is 132 cm³/mol. The van der Waals surface area contributed by atoms with Gasteiger partial charge >= 0.3 is 6.09 Å². The van der Waals surface area contributed by atoms with Crippen molar-refractivity contribution in [2.24, 2.45) is 0 Å². The molecule has 0 saturated carbocycles. The van der Waals surface area contributed by atoms with Gasteiger partial charge in [-0.05, 0) is 45.2 Å². The molecule has 10 heteroatoms. The lowest BCUT2D eigenvalue weighted by atomic mass is 10.2. The Morgan fingerprint density at radius 2 is 1.83 bits per heavy atom. The summed E-state index contributed by atoms with van der Waals surface area (Å²) in [6.45, 7) is 6.63. The smallest absolute Gasteiger partial charge is 0.410 e. The number of nitrogens with one attached hydrogen (secondary N) is 1. The summed E-state index contributed by atoms with van der Waals surface area (Å²) in [5.41, 5.74) is 1.38. The van der Waals surface area contributed by atoms with Gasteiger partial charge in [0.15, 0.2) is 5.65 Å². The van der Waals surface area contributed by atoms with Gasteiger partial charge in [-0.3, -0.25) is 0 Å². The van der Waals surface area contributed by atoms with Crippen LogP contribution in [0, 0.1) is 11.8 Å². The molecule has 3 aromatic rings. The highest BCUT2D eigenvalue weighted by Gasteiger charge is 2.33. The number of likely N-dealkylation sites (tertiary alicyclic amines) is 1. The number of hydrogen-bond acceptors (Lipinski definition) is 8. The van der Waals surface area contributed by atoms with E-state index in [2.05, 4.69) is 27.1 Å². The summed E-state index contributed by atoms with van der Waals surface area (Å²) in [6, 6.07) is 5.40. The number of anilines is 1. The van der Waals surface area contributed by atoms with Crippen LogP contribution in [-0.2, 0) is 4.74 Å². The van der Waals surface area contributed by atoms with Crippen LogP contribution in [0.15, 0.2) is 24.5 Å². The topological polar surface area (TPSA) is 104 Å². The molecule has 1 N–H and O–H groups in total. The molecule has 0 bridgehead atoms. The van der Waals surface area contributed by atoms with Gasteiger partial charge in [0.1, 0.15) is 34.9 Å². The fourth-order valence-corrected chi connectivity index (χ4v) is 3.95. The molecule has 10 nitrogen and oxygen atoms in total. The van der Waals surface area contributed by atoms with Crippen LogP contribution in [0.3, 0.4) is 0 Å². The first-order chi connectivity index (χ1) is 16.7. The van der Waals surface area contributed by atoms with Crippen molar-refractivity contribution in [2.45, 2.75) is 38.8 Å². The third kappa shape index (κ3) is 5.24. The lowest BCUT2D eigenvalue weighted by Crippen LogP contribution is -2.35. The minimum atomic E-state index is -0.548. The number of ether oxygens (including phenoxy) is 3. The molecule has 1 fully saturated rings. The summed E-state index contributed by atoms with van der Waals surface area (Å²) >= 11 is 0. The van der Waals surface area contributed by atoms with Crippen LogP contribution < -0.4 is 14.8 Å². The predicted octanol–water partition coefficient (Wildman–Crippen LogP) is 3.47. The van der Waals surface area contributed by atoms with Gasteiger partial charge in [-0.25, -0.2) is 19.4 Å². The molecule has 1 amide bonds. The average Bonchev–Trinajstić information content (AvgIpc) is 3.46. The van der Waals surface area contributed by atoms with Crippen molar-refractivity contribution >= 4 is 22.9 Å². The Labute approximate surface area is 204 Å². The van der Waals surface area contributed by atoms with Crippen molar-refractivity contribution < 1.29 is 19.0 Å². The highest BCUT2D eigenvalue weighted by atomic mass is 16.6. The second-order valence-corrected chi connectivity index (χ2v) is 9.18. The van der Waals surface area contributed by atoms with Crippen LogP contribution in [-0.4, -0.2) is 70.7 Å². The number of rotatable bonds is 4. The average molecular weight is 479 g/mol. The lowest BCUT2D eigenvalue weighted by molar-refractivity contribution is 0.0288. The second-order valence-electron chi connectivity index (χ2n) is 9.18. The highest BCUT2D eigenvalue weighted by molar-refractivity contribution is 5.91. The first-order valence-corrected chi connectivity index (χ1v) is 11.4. The van der Waals surface area contributed by atoms with Crippen LogP contribution in [0.25, 0.3) is 11.0 Å². The molecule has 1 aliphatic heterocycles. The van der Waals surface area contributed by atoms with Gasteiger partial charge in [0.2, 0.25) is 0 Å². The van der Waals surface area contributed by atoms with E-state index >= 15 is 0 Å². The third-order valence-corrected chi connectivity index (χ3v) is 5.56. The van der Waals surface area contributed by atoms with Gasteiger partial charge < -0.3 is 24.4 Å². The summed E-state index contributed by atoms with van der Waals surface area (Å²) in [5, 5.41) is 8.64. The normalized spacial score (nSPS) is 15.5. The van der Waals surface area contributed by atoms with Crippen LogP contribution in [0.4, 0.5) is 10.6 Å². The van der Waals surface area contributed by atoms with E-state index in [0.29, 0.717) is 41.7 Å². The van der Waals surface area contributed by atoms with Crippen LogP contribution >= 0.6 is 0 Å². The molecule has 1 unspecified atom stereocenters. The molecule has 1 atom stereocenters. The highest BCUT2D eigenvalue weighted by Crippen LogP contribution is 2.30. The van der Waals surface area contributed by atoms with Crippen molar-refractivity contribution in [2.75, 3.05) is 39.7 Å². The molecule has 3 heterocycles. The molecule has 4 rings (SSSR count). The van der Waals surface area contributed by atoms with E-state index in [9.17, 15) is 4.79 Å². The number of nitrogens with zero attached hydrogens (tertiary/aromatic N) is 5. The first-order valence-electron chi connectivity index (χ1n) is 11.4. The minimum Gasteiger partial charge on any atom is -0.497 e. The minimum absolute atomic E-state index is 0.0583. The maximum Gasteiger partial charge on any atom is 0.410 e. The Morgan fingerprint density at radius 3 is 2.46 bits per heavy atom. The Bertz CT molecular complexity index is 1280. The monoisotopic (exact) mass is 478 g/mol. The molecule has 1 aromatic carbocycles. The number of fused-ring (bicyclic) bond motifs is 1. The fourth-order valence-electron chi connectivity index (χ4n) is 3.95. The third-order valence-electron chi connectivity index (χ3n) is 5.56. The van der Waals surface area contributed by atoms with E-state index in [1.165, 1.54) is 6.33 Å². The molecule has 2 aromatic heterocycles. The molecule has 184 valence electrons. The van der Waals surface area contributed by atoms with E-state index in [0.717, 1.165) is 17.4 Å². The van der Waals surface area contributed by atoms with Crippen molar-refractivity contribution in [3.05, 3.63) is 35.8 Å². The van der Waals surface area contributed by atoms with Gasteiger partial charge in [0.05, 0.1) is 25.6 Å². The zero-order chi connectivity index (χ0) is 25.2. The van der Waals surface area contributed by atoms with E-state index in [-0.39, 0.29) is 12.1 Å². The van der Waals surface area contributed by atoms with E-state index in [4.69, 9.17) is 19.3 Å². The van der Waals surface area contributed by atoms with Gasteiger partial charge in [-0.1, -0.05) is 5.92 Å². The number of methoxy groups -OCH3 is 2. The summed E-state index contributed by atoms with van der Waals surface area (Å²) in [4.78, 5) is 23.1. The van der Waals surface area contributed by atoms with E-state index in [1.807, 2.05) is 37.6 Å². The molecule has 0 radical (unpaired) electrons. The Hall–Kier alpha value is -4.00. The number of aromatic nitrogens is 4. The zero-order valence-electron chi connectivity index (χ0n) is 20.9. The quantitative estimate of drug-likeness (QED) is 0.569. The maximum absolute atomic E-state index is 12.6. The summed E-state index contributed by atoms with van der Waals surface area (Å²) in [6.07, 6.45) is 1.90. The standard InChI is InChI=1S/C25H30N6O4/c1-25(2,3)35-24(32)30-10-9-17(14-30)31-23-21(22(26-4)27-15-28-23)20(29-31)8-7-16-11-18(33-5)13-19(12-16)34-6/h11-13,15,17H,9-10,14H2,1-6H3,(H,26,27,28). The van der Waals surface area contributed by atoms with Crippen LogP contribution in [0.2, 0.25) is 0 Å². The van der Waals surface area contributed by atoms with Gasteiger partial charge in [-0.2, -0.15) is 5.10 Å². The van der Waals surface area contributed by atoms with E-state index in [1.54, 1.807) is 32.2 Å². The molecule has 1 saturated heterocycles. The Balaban J connectivity index is 1.70. The Morgan fingerprint density at radius 1 is 1.11 bits per heavy atom. The van der Waals surface area contributed by atoms with Crippen molar-refractivity contribution in [1.29, 1.82) is 0 Å². The summed E-state index contributed by atoms with van der Waals surface area (Å²) in [5.74, 6) is 8.26. The van der Waals surface area contributed by atoms with Crippen molar-refractivity contribution in [3.63, 3.8) is 0 Å². The number of carbonyl (C=O) groups excluding carboxylic acids is 1. The fraction of sp³-hybridized carbons (Fsp3) is 0.440. The molecule has 0 spiro atoms. The summed E-state index contributed by atoms with van der Waals surface area (Å²) < 4.78 is 18.1. The van der Waals surface area contributed by atoms with Crippen LogP contribution in [0.1, 0.15) is 44.5 Å². The molecule has 35 heavy (non-hydrogen) atoms. The van der Waals surface area contributed by atoms with Gasteiger partial charge in [-0.15, -0.1) is 0 Å². The molecular weight excluding hydrogens is 448 g/mol. The van der Waals surface area contributed by atoms with Crippen molar-refractivity contribution in [1.82, 2.24) is 24.6 Å². The number of benzene rings is 1. The molecule has 1 aliphatic rings. The molecule has 0 aliphatic carbocycles.